The van der Waals surface area contributed by atoms with E-state index in [1.54, 1.807) is 17.0 Å². The third-order valence-corrected chi connectivity index (χ3v) is 7.51. The summed E-state index contributed by atoms with van der Waals surface area (Å²) < 4.78 is 15.5. The van der Waals surface area contributed by atoms with Gasteiger partial charge < -0.3 is 14.8 Å². The molecular formula is C29H32FN3O2. The van der Waals surface area contributed by atoms with Crippen LogP contribution < -0.4 is 5.32 Å². The molecule has 1 aromatic heterocycles. The molecule has 1 fully saturated rings. The van der Waals surface area contributed by atoms with Crippen LogP contribution >= 0.6 is 0 Å². The molecule has 0 spiro atoms. The minimum Gasteiger partial charge on any atom is -0.351 e. The first-order chi connectivity index (χ1) is 17.0. The van der Waals surface area contributed by atoms with Crippen molar-refractivity contribution in [2.75, 3.05) is 0 Å². The zero-order valence-corrected chi connectivity index (χ0v) is 20.2. The molecule has 2 amide bonds. The number of nitrogens with one attached hydrogen (secondary N) is 1. The topological polar surface area (TPSA) is 54.3 Å². The fourth-order valence-electron chi connectivity index (χ4n) is 5.42. The summed E-state index contributed by atoms with van der Waals surface area (Å²) in [6, 6.07) is 20.0. The molecule has 2 aromatic carbocycles. The van der Waals surface area contributed by atoms with Gasteiger partial charge in [-0.15, -0.1) is 0 Å². The number of benzene rings is 2. The average molecular weight is 474 g/mol. The van der Waals surface area contributed by atoms with Gasteiger partial charge in [-0.1, -0.05) is 68.1 Å². The average Bonchev–Trinajstić information content (AvgIpc) is 3.11. The highest BCUT2D eigenvalue weighted by Crippen LogP contribution is 2.34. The summed E-state index contributed by atoms with van der Waals surface area (Å²) in [5, 5.41) is 3.29. The van der Waals surface area contributed by atoms with Gasteiger partial charge in [0, 0.05) is 18.3 Å². The van der Waals surface area contributed by atoms with Crippen LogP contribution in [0.1, 0.15) is 61.5 Å². The minimum atomic E-state index is -1.09. The molecule has 0 saturated heterocycles. The molecule has 182 valence electrons. The SMILES string of the molecule is C[C@@]1(C(=O)NC2CCCCCC2)Cn2c(ccc2-c2ccccc2)C(=O)N1Cc1ccc(F)cc1. The molecule has 0 unspecified atom stereocenters. The monoisotopic (exact) mass is 473 g/mol. The molecule has 3 aromatic rings. The van der Waals surface area contributed by atoms with Gasteiger partial charge in [0.1, 0.15) is 17.1 Å². The third kappa shape index (κ3) is 4.62. The lowest BCUT2D eigenvalue weighted by Gasteiger charge is -2.45. The normalized spacial score (nSPS) is 20.9. The quantitative estimate of drug-likeness (QED) is 0.494. The van der Waals surface area contributed by atoms with Gasteiger partial charge in [0.25, 0.3) is 5.91 Å². The van der Waals surface area contributed by atoms with Crippen molar-refractivity contribution >= 4 is 11.8 Å². The number of nitrogens with zero attached hydrogens (tertiary/aromatic N) is 2. The Hall–Kier alpha value is -3.41. The van der Waals surface area contributed by atoms with E-state index in [1.807, 2.05) is 54.0 Å². The lowest BCUT2D eigenvalue weighted by Crippen LogP contribution is -2.64. The summed E-state index contributed by atoms with van der Waals surface area (Å²) >= 11 is 0. The standard InChI is InChI=1S/C29H32FN3O2/c1-29(28(35)31-24-11-7-2-3-8-12-24)20-32-25(22-9-5-4-6-10-22)17-18-26(32)27(34)33(29)19-21-13-15-23(30)16-14-21/h4-6,9-10,13-18,24H,2-3,7-8,11-12,19-20H2,1H3,(H,31,35)/t29-/m0/s1. The number of hydrogen-bond donors (Lipinski definition) is 1. The summed E-state index contributed by atoms with van der Waals surface area (Å²) in [6.45, 7) is 2.45. The molecule has 35 heavy (non-hydrogen) atoms. The van der Waals surface area contributed by atoms with Crippen molar-refractivity contribution in [2.24, 2.45) is 0 Å². The molecule has 1 atom stereocenters. The molecule has 2 aliphatic rings. The van der Waals surface area contributed by atoms with Crippen LogP contribution in [-0.2, 0) is 17.9 Å². The van der Waals surface area contributed by atoms with Gasteiger partial charge in [-0.2, -0.15) is 0 Å². The molecule has 6 heteroatoms. The predicted molar refractivity (Wildman–Crippen MR) is 134 cm³/mol. The first-order valence-electron chi connectivity index (χ1n) is 12.6. The summed E-state index contributed by atoms with van der Waals surface area (Å²) in [4.78, 5) is 29.4. The van der Waals surface area contributed by atoms with Crippen molar-refractivity contribution in [3.63, 3.8) is 0 Å². The Labute approximate surface area is 205 Å². The van der Waals surface area contributed by atoms with Gasteiger partial charge in [0.15, 0.2) is 0 Å². The number of hydrogen-bond acceptors (Lipinski definition) is 2. The maximum atomic E-state index is 13.9. The van der Waals surface area contributed by atoms with Crippen LogP contribution in [-0.4, -0.2) is 32.9 Å². The summed E-state index contributed by atoms with van der Waals surface area (Å²) in [7, 11) is 0. The van der Waals surface area contributed by atoms with Crippen LogP contribution in [0.4, 0.5) is 4.39 Å². The molecule has 1 aliphatic heterocycles. The predicted octanol–water partition coefficient (Wildman–Crippen LogP) is 5.55. The summed E-state index contributed by atoms with van der Waals surface area (Å²) in [5.74, 6) is -0.645. The van der Waals surface area contributed by atoms with Crippen molar-refractivity contribution in [3.05, 3.63) is 83.8 Å². The Kier molecular flexibility index (Phi) is 6.46. The van der Waals surface area contributed by atoms with E-state index < -0.39 is 5.54 Å². The second-order valence-electron chi connectivity index (χ2n) is 10.0. The number of amides is 2. The van der Waals surface area contributed by atoms with Crippen molar-refractivity contribution in [1.82, 2.24) is 14.8 Å². The molecule has 2 heterocycles. The minimum absolute atomic E-state index is 0.127. The van der Waals surface area contributed by atoms with Gasteiger partial charge in [-0.3, -0.25) is 9.59 Å². The maximum absolute atomic E-state index is 13.9. The Balaban J connectivity index is 1.52. The molecule has 5 nitrogen and oxygen atoms in total. The first-order valence-corrected chi connectivity index (χ1v) is 12.6. The molecule has 5 rings (SSSR count). The van der Waals surface area contributed by atoms with E-state index in [0.29, 0.717) is 12.2 Å². The molecular weight excluding hydrogens is 441 g/mol. The van der Waals surface area contributed by atoms with E-state index in [0.717, 1.165) is 42.5 Å². The first kappa shape index (κ1) is 23.3. The second-order valence-corrected chi connectivity index (χ2v) is 10.0. The zero-order valence-electron chi connectivity index (χ0n) is 20.2. The Morgan fingerprint density at radius 1 is 0.943 bits per heavy atom. The molecule has 0 bridgehead atoms. The van der Waals surface area contributed by atoms with E-state index in [2.05, 4.69) is 5.32 Å². The number of aromatic nitrogens is 1. The van der Waals surface area contributed by atoms with Gasteiger partial charge in [0.2, 0.25) is 5.91 Å². The highest BCUT2D eigenvalue weighted by Gasteiger charge is 2.48. The van der Waals surface area contributed by atoms with Crippen LogP contribution in [0.2, 0.25) is 0 Å². The molecule has 0 radical (unpaired) electrons. The highest BCUT2D eigenvalue weighted by atomic mass is 19.1. The Morgan fingerprint density at radius 2 is 1.60 bits per heavy atom. The van der Waals surface area contributed by atoms with Crippen molar-refractivity contribution in [1.29, 1.82) is 0 Å². The molecule has 1 saturated carbocycles. The van der Waals surface area contributed by atoms with Gasteiger partial charge in [-0.05, 0) is 55.2 Å². The fourth-order valence-corrected chi connectivity index (χ4v) is 5.42. The number of halogens is 1. The van der Waals surface area contributed by atoms with Gasteiger partial charge in [-0.25, -0.2) is 4.39 Å². The number of rotatable bonds is 5. The van der Waals surface area contributed by atoms with Crippen LogP contribution in [0.3, 0.4) is 0 Å². The second kappa shape index (κ2) is 9.68. The van der Waals surface area contributed by atoms with Crippen molar-refractivity contribution < 1.29 is 14.0 Å². The number of fused-ring (bicyclic) bond motifs is 1. The van der Waals surface area contributed by atoms with Crippen LogP contribution in [0.15, 0.2) is 66.7 Å². The van der Waals surface area contributed by atoms with Crippen LogP contribution in [0.25, 0.3) is 11.3 Å². The summed E-state index contributed by atoms with van der Waals surface area (Å²) in [5.41, 5.74) is 2.18. The van der Waals surface area contributed by atoms with Crippen molar-refractivity contribution in [3.8, 4) is 11.3 Å². The molecule has 1 N–H and O–H groups in total. The Morgan fingerprint density at radius 3 is 2.29 bits per heavy atom. The van der Waals surface area contributed by atoms with E-state index in [4.69, 9.17) is 0 Å². The lowest BCUT2D eigenvalue weighted by atomic mass is 9.92. The van der Waals surface area contributed by atoms with E-state index in [-0.39, 0.29) is 30.2 Å². The van der Waals surface area contributed by atoms with Crippen LogP contribution in [0, 0.1) is 5.82 Å². The highest BCUT2D eigenvalue weighted by molar-refractivity contribution is 6.00. The number of carbonyl (C=O) groups is 2. The zero-order chi connectivity index (χ0) is 24.4. The largest absolute Gasteiger partial charge is 0.351 e. The van der Waals surface area contributed by atoms with E-state index in [9.17, 15) is 14.0 Å². The third-order valence-electron chi connectivity index (χ3n) is 7.51. The lowest BCUT2D eigenvalue weighted by molar-refractivity contribution is -0.134. The molecule has 1 aliphatic carbocycles. The Bertz CT molecular complexity index is 1200. The van der Waals surface area contributed by atoms with Gasteiger partial charge >= 0.3 is 0 Å². The van der Waals surface area contributed by atoms with E-state index in [1.165, 1.54) is 25.0 Å². The van der Waals surface area contributed by atoms with Crippen LogP contribution in [0.5, 0.6) is 0 Å². The maximum Gasteiger partial charge on any atom is 0.271 e. The smallest absolute Gasteiger partial charge is 0.271 e. The fraction of sp³-hybridized carbons (Fsp3) is 0.379. The van der Waals surface area contributed by atoms with Crippen molar-refractivity contribution in [2.45, 2.75) is 70.1 Å². The van der Waals surface area contributed by atoms with E-state index >= 15 is 0 Å². The number of carbonyl (C=O) groups excluding carboxylic acids is 2. The van der Waals surface area contributed by atoms with Gasteiger partial charge in [0.05, 0.1) is 6.54 Å². The summed E-state index contributed by atoms with van der Waals surface area (Å²) in [6.07, 6.45) is 6.56.